The zero-order valence-electron chi connectivity index (χ0n) is 8.63. The number of aromatic nitrogens is 1. The Bertz CT molecular complexity index is 476. The average Bonchev–Trinajstić information content (AvgIpc) is 2.65. The van der Waals surface area contributed by atoms with Crippen molar-refractivity contribution >= 4 is 31.9 Å². The van der Waals surface area contributed by atoms with Crippen LogP contribution in [-0.4, -0.2) is 12.0 Å². The van der Waals surface area contributed by atoms with Gasteiger partial charge in [-0.1, -0.05) is 31.9 Å². The minimum absolute atomic E-state index is 0.634. The maximum Gasteiger partial charge on any atom is 0.208 e. The van der Waals surface area contributed by atoms with Gasteiger partial charge in [0.25, 0.3) is 0 Å². The van der Waals surface area contributed by atoms with Crippen LogP contribution in [0, 0.1) is 0 Å². The summed E-state index contributed by atoms with van der Waals surface area (Å²) in [5, 5.41) is 3.00. The lowest BCUT2D eigenvalue weighted by molar-refractivity contribution is 0.491. The van der Waals surface area contributed by atoms with Crippen molar-refractivity contribution in [1.82, 2.24) is 10.3 Å². The van der Waals surface area contributed by atoms with Crippen LogP contribution in [0.1, 0.15) is 5.89 Å². The molecule has 0 aliphatic rings. The maximum atomic E-state index is 5.60. The summed E-state index contributed by atoms with van der Waals surface area (Å²) in [5.41, 5.74) is 0.996. The van der Waals surface area contributed by atoms with E-state index in [1.54, 1.807) is 6.20 Å². The van der Waals surface area contributed by atoms with Crippen LogP contribution in [0.15, 0.2) is 37.8 Å². The van der Waals surface area contributed by atoms with Crippen LogP contribution in [0.2, 0.25) is 0 Å². The van der Waals surface area contributed by atoms with Crippen molar-refractivity contribution in [2.45, 2.75) is 6.54 Å². The molecule has 0 aliphatic heterocycles. The molecule has 1 aromatic carbocycles. The van der Waals surface area contributed by atoms with Crippen LogP contribution < -0.4 is 5.32 Å². The van der Waals surface area contributed by atoms with Gasteiger partial charge < -0.3 is 9.73 Å². The Morgan fingerprint density at radius 2 is 1.94 bits per heavy atom. The van der Waals surface area contributed by atoms with Crippen LogP contribution in [0.25, 0.3) is 11.3 Å². The number of hydrogen-bond acceptors (Lipinski definition) is 3. The van der Waals surface area contributed by atoms with Crippen molar-refractivity contribution in [1.29, 1.82) is 0 Å². The monoisotopic (exact) mass is 344 g/mol. The number of hydrogen-bond donors (Lipinski definition) is 1. The van der Waals surface area contributed by atoms with E-state index in [0.29, 0.717) is 12.4 Å². The van der Waals surface area contributed by atoms with Crippen LogP contribution >= 0.6 is 31.9 Å². The molecule has 84 valence electrons. The highest BCUT2D eigenvalue weighted by atomic mass is 79.9. The fourth-order valence-electron chi connectivity index (χ4n) is 1.37. The predicted molar refractivity (Wildman–Crippen MR) is 70.1 cm³/mol. The van der Waals surface area contributed by atoms with Crippen molar-refractivity contribution in [3.63, 3.8) is 0 Å². The summed E-state index contributed by atoms with van der Waals surface area (Å²) in [6.45, 7) is 0.634. The summed E-state index contributed by atoms with van der Waals surface area (Å²) in [7, 11) is 1.86. The third-order valence-corrected chi connectivity index (χ3v) is 2.94. The topological polar surface area (TPSA) is 38.1 Å². The smallest absolute Gasteiger partial charge is 0.208 e. The van der Waals surface area contributed by atoms with E-state index in [0.717, 1.165) is 20.3 Å². The van der Waals surface area contributed by atoms with Gasteiger partial charge in [0.15, 0.2) is 5.76 Å². The SMILES string of the molecule is CNCc1ncc(-c2cc(Br)cc(Br)c2)o1. The Morgan fingerprint density at radius 1 is 1.25 bits per heavy atom. The molecule has 0 aliphatic carbocycles. The number of nitrogens with zero attached hydrogens (tertiary/aromatic N) is 1. The molecule has 0 radical (unpaired) electrons. The number of rotatable bonds is 3. The van der Waals surface area contributed by atoms with Crippen LogP contribution in [0.5, 0.6) is 0 Å². The summed E-state index contributed by atoms with van der Waals surface area (Å²) in [6, 6.07) is 5.97. The molecule has 5 heteroatoms. The van der Waals surface area contributed by atoms with Crippen molar-refractivity contribution in [2.75, 3.05) is 7.05 Å². The minimum Gasteiger partial charge on any atom is -0.439 e. The molecule has 0 fully saturated rings. The van der Waals surface area contributed by atoms with Gasteiger partial charge in [0.05, 0.1) is 12.7 Å². The van der Waals surface area contributed by atoms with Crippen molar-refractivity contribution in [3.8, 4) is 11.3 Å². The Hall–Kier alpha value is -0.650. The highest BCUT2D eigenvalue weighted by Crippen LogP contribution is 2.28. The molecule has 0 bridgehead atoms. The first-order valence-electron chi connectivity index (χ1n) is 4.75. The molecular weight excluding hydrogens is 336 g/mol. The second-order valence-corrected chi connectivity index (χ2v) is 5.14. The lowest BCUT2D eigenvalue weighted by Crippen LogP contribution is -2.04. The second-order valence-electron chi connectivity index (χ2n) is 3.31. The summed E-state index contributed by atoms with van der Waals surface area (Å²) >= 11 is 6.89. The van der Waals surface area contributed by atoms with Crippen molar-refractivity contribution in [3.05, 3.63) is 39.2 Å². The Balaban J connectivity index is 2.34. The van der Waals surface area contributed by atoms with Gasteiger partial charge in [-0.2, -0.15) is 0 Å². The second kappa shape index (κ2) is 5.12. The first-order valence-corrected chi connectivity index (χ1v) is 6.33. The van der Waals surface area contributed by atoms with E-state index < -0.39 is 0 Å². The van der Waals surface area contributed by atoms with Gasteiger partial charge in [-0.15, -0.1) is 0 Å². The van der Waals surface area contributed by atoms with Gasteiger partial charge in [0, 0.05) is 14.5 Å². The molecular formula is C11H10Br2N2O. The lowest BCUT2D eigenvalue weighted by Gasteiger charge is -1.99. The first-order chi connectivity index (χ1) is 7.69. The predicted octanol–water partition coefficient (Wildman–Crippen LogP) is 3.59. The Labute approximate surface area is 111 Å². The molecule has 3 nitrogen and oxygen atoms in total. The third kappa shape index (κ3) is 2.72. The maximum absolute atomic E-state index is 5.60. The summed E-state index contributed by atoms with van der Waals surface area (Å²) < 4.78 is 7.61. The Kier molecular flexibility index (Phi) is 3.78. The minimum atomic E-state index is 0.634. The number of oxazole rings is 1. The lowest BCUT2D eigenvalue weighted by atomic mass is 10.2. The van der Waals surface area contributed by atoms with E-state index in [2.05, 4.69) is 42.2 Å². The molecule has 2 aromatic rings. The van der Waals surface area contributed by atoms with Crippen LogP contribution in [0.4, 0.5) is 0 Å². The number of benzene rings is 1. The molecule has 0 amide bonds. The molecule has 1 heterocycles. The fourth-order valence-corrected chi connectivity index (χ4v) is 2.67. The zero-order valence-corrected chi connectivity index (χ0v) is 11.8. The highest BCUT2D eigenvalue weighted by Gasteiger charge is 2.07. The van der Waals surface area contributed by atoms with Crippen LogP contribution in [-0.2, 0) is 6.54 Å². The normalized spacial score (nSPS) is 10.7. The van der Waals surface area contributed by atoms with E-state index in [1.165, 1.54) is 0 Å². The van der Waals surface area contributed by atoms with E-state index in [4.69, 9.17) is 4.42 Å². The van der Waals surface area contributed by atoms with Gasteiger partial charge >= 0.3 is 0 Å². The van der Waals surface area contributed by atoms with Crippen molar-refractivity contribution in [2.24, 2.45) is 0 Å². The van der Waals surface area contributed by atoms with Gasteiger partial charge in [0.2, 0.25) is 5.89 Å². The van der Waals surface area contributed by atoms with E-state index in [1.807, 2.05) is 25.2 Å². The molecule has 0 saturated carbocycles. The molecule has 0 atom stereocenters. The molecule has 16 heavy (non-hydrogen) atoms. The van der Waals surface area contributed by atoms with Crippen molar-refractivity contribution < 1.29 is 4.42 Å². The van der Waals surface area contributed by atoms with E-state index >= 15 is 0 Å². The summed E-state index contributed by atoms with van der Waals surface area (Å²) in [6.07, 6.45) is 1.74. The molecule has 0 spiro atoms. The fraction of sp³-hybridized carbons (Fsp3) is 0.182. The first kappa shape index (κ1) is 11.8. The molecule has 1 N–H and O–H groups in total. The average molecular weight is 346 g/mol. The van der Waals surface area contributed by atoms with E-state index in [9.17, 15) is 0 Å². The number of nitrogens with one attached hydrogen (secondary N) is 1. The molecule has 1 aromatic heterocycles. The Morgan fingerprint density at radius 3 is 2.56 bits per heavy atom. The zero-order chi connectivity index (χ0) is 11.5. The molecule has 2 rings (SSSR count). The highest BCUT2D eigenvalue weighted by molar-refractivity contribution is 9.11. The standard InChI is InChI=1S/C11H10Br2N2O/c1-14-6-11-15-5-10(16-11)7-2-8(12)4-9(13)3-7/h2-5,14H,6H2,1H3. The van der Waals surface area contributed by atoms with Gasteiger partial charge in [0.1, 0.15) is 0 Å². The summed E-state index contributed by atoms with van der Waals surface area (Å²) in [5.74, 6) is 1.46. The number of halogens is 2. The van der Waals surface area contributed by atoms with Crippen LogP contribution in [0.3, 0.4) is 0 Å². The van der Waals surface area contributed by atoms with Gasteiger partial charge in [-0.25, -0.2) is 4.98 Å². The summed E-state index contributed by atoms with van der Waals surface area (Å²) in [4.78, 5) is 4.18. The quantitative estimate of drug-likeness (QED) is 0.923. The third-order valence-electron chi connectivity index (χ3n) is 2.03. The van der Waals surface area contributed by atoms with E-state index in [-0.39, 0.29) is 0 Å². The van der Waals surface area contributed by atoms with Gasteiger partial charge in [-0.3, -0.25) is 0 Å². The molecule has 0 saturated heterocycles. The molecule has 0 unspecified atom stereocenters. The van der Waals surface area contributed by atoms with Gasteiger partial charge in [-0.05, 0) is 25.2 Å². The largest absolute Gasteiger partial charge is 0.439 e.